The van der Waals surface area contributed by atoms with E-state index in [9.17, 15) is 10.1 Å². The number of benzene rings is 1. The minimum absolute atomic E-state index is 0.0516. The monoisotopic (exact) mass is 179 g/mol. The van der Waals surface area contributed by atoms with Crippen molar-refractivity contribution < 1.29 is 4.92 Å². The summed E-state index contributed by atoms with van der Waals surface area (Å²) in [5.41, 5.74) is 1.17. The number of hydrogen-bond acceptors (Lipinski definition) is 2. The lowest BCUT2D eigenvalue weighted by Gasteiger charge is -2.07. The van der Waals surface area contributed by atoms with Crippen LogP contribution in [0.1, 0.15) is 24.8 Å². The molecule has 1 rings (SSSR count). The lowest BCUT2D eigenvalue weighted by Crippen LogP contribution is -2.05. The van der Waals surface area contributed by atoms with Gasteiger partial charge >= 0.3 is 0 Å². The number of nitrogens with zero attached hydrogens (tertiary/aromatic N) is 1. The Kier molecular flexibility index (Phi) is 3.43. The Bertz CT molecular complexity index is 272. The van der Waals surface area contributed by atoms with Crippen LogP contribution in [0, 0.1) is 10.1 Å². The maximum atomic E-state index is 10.1. The molecule has 0 fully saturated rings. The van der Waals surface area contributed by atoms with Crippen LogP contribution in [0.15, 0.2) is 30.3 Å². The van der Waals surface area contributed by atoms with Gasteiger partial charge in [-0.3, -0.25) is 10.1 Å². The fraction of sp³-hybridized carbons (Fsp3) is 0.400. The van der Waals surface area contributed by atoms with Gasteiger partial charge in [-0.25, -0.2) is 0 Å². The van der Waals surface area contributed by atoms with Gasteiger partial charge in [0.25, 0.3) is 0 Å². The third kappa shape index (κ3) is 3.23. The van der Waals surface area contributed by atoms with Gasteiger partial charge in [0.2, 0.25) is 6.54 Å². The van der Waals surface area contributed by atoms with E-state index in [0.717, 1.165) is 0 Å². The molecule has 3 heteroatoms. The molecule has 13 heavy (non-hydrogen) atoms. The maximum absolute atomic E-state index is 10.1. The second-order valence-corrected chi connectivity index (χ2v) is 3.16. The lowest BCUT2D eigenvalue weighted by molar-refractivity contribution is -0.480. The van der Waals surface area contributed by atoms with E-state index >= 15 is 0 Å². The molecule has 0 aromatic heterocycles. The molecular formula is C10H13NO2. The molecular weight excluding hydrogens is 166 g/mol. The molecule has 70 valence electrons. The molecule has 1 aromatic carbocycles. The van der Waals surface area contributed by atoms with Gasteiger partial charge in [0.1, 0.15) is 0 Å². The normalized spacial score (nSPS) is 12.4. The molecule has 0 N–H and O–H groups in total. The summed E-state index contributed by atoms with van der Waals surface area (Å²) in [6, 6.07) is 9.87. The Morgan fingerprint density at radius 3 is 2.54 bits per heavy atom. The first-order valence-electron chi connectivity index (χ1n) is 4.37. The van der Waals surface area contributed by atoms with Gasteiger partial charge in [0.05, 0.1) is 0 Å². The molecule has 0 amide bonds. The van der Waals surface area contributed by atoms with Gasteiger partial charge in [0, 0.05) is 11.3 Å². The Hall–Kier alpha value is -1.38. The molecule has 0 radical (unpaired) electrons. The van der Waals surface area contributed by atoms with Crippen LogP contribution in [-0.4, -0.2) is 11.5 Å². The number of nitro groups is 1. The summed E-state index contributed by atoms with van der Waals surface area (Å²) >= 11 is 0. The first-order chi connectivity index (χ1) is 6.20. The van der Waals surface area contributed by atoms with E-state index < -0.39 is 0 Å². The van der Waals surface area contributed by atoms with Crippen LogP contribution in [0.4, 0.5) is 0 Å². The Labute approximate surface area is 77.5 Å². The third-order valence-corrected chi connectivity index (χ3v) is 2.11. The molecule has 0 spiro atoms. The Morgan fingerprint density at radius 2 is 2.00 bits per heavy atom. The summed E-state index contributed by atoms with van der Waals surface area (Å²) < 4.78 is 0. The first kappa shape index (κ1) is 9.71. The minimum Gasteiger partial charge on any atom is -0.265 e. The second-order valence-electron chi connectivity index (χ2n) is 3.16. The highest BCUT2D eigenvalue weighted by atomic mass is 16.6. The van der Waals surface area contributed by atoms with Crippen LogP contribution in [-0.2, 0) is 0 Å². The molecule has 0 saturated carbocycles. The van der Waals surface area contributed by atoms with Crippen molar-refractivity contribution in [3.8, 4) is 0 Å². The van der Waals surface area contributed by atoms with Gasteiger partial charge in [-0.1, -0.05) is 37.3 Å². The van der Waals surface area contributed by atoms with E-state index in [2.05, 4.69) is 0 Å². The standard InChI is InChI=1S/C10H13NO2/c1-9(7-8-11(12)13)10-5-3-2-4-6-10/h2-6,9H,7-8H2,1H3. The van der Waals surface area contributed by atoms with Crippen molar-refractivity contribution in [2.45, 2.75) is 19.3 Å². The fourth-order valence-corrected chi connectivity index (χ4v) is 1.25. The van der Waals surface area contributed by atoms with Crippen LogP contribution in [0.25, 0.3) is 0 Å². The highest BCUT2D eigenvalue weighted by Crippen LogP contribution is 2.17. The predicted octanol–water partition coefficient (Wildman–Crippen LogP) is 2.46. The maximum Gasteiger partial charge on any atom is 0.204 e. The fourth-order valence-electron chi connectivity index (χ4n) is 1.25. The largest absolute Gasteiger partial charge is 0.265 e. The second kappa shape index (κ2) is 4.60. The summed E-state index contributed by atoms with van der Waals surface area (Å²) in [6.07, 6.45) is 0.608. The van der Waals surface area contributed by atoms with E-state index in [1.54, 1.807) is 0 Å². The van der Waals surface area contributed by atoms with Gasteiger partial charge in [0.15, 0.2) is 0 Å². The average Bonchev–Trinajstić information content (AvgIpc) is 2.15. The summed E-state index contributed by atoms with van der Waals surface area (Å²) in [7, 11) is 0. The van der Waals surface area contributed by atoms with E-state index in [-0.39, 0.29) is 17.4 Å². The zero-order valence-corrected chi connectivity index (χ0v) is 7.64. The average molecular weight is 179 g/mol. The summed E-state index contributed by atoms with van der Waals surface area (Å²) in [5.74, 6) is 0.270. The molecule has 1 atom stereocenters. The molecule has 0 heterocycles. The Morgan fingerprint density at radius 1 is 1.38 bits per heavy atom. The van der Waals surface area contributed by atoms with Crippen molar-refractivity contribution in [1.29, 1.82) is 0 Å². The molecule has 1 aromatic rings. The van der Waals surface area contributed by atoms with Gasteiger partial charge in [-0.05, 0) is 11.5 Å². The van der Waals surface area contributed by atoms with E-state index in [4.69, 9.17) is 0 Å². The molecule has 3 nitrogen and oxygen atoms in total. The van der Waals surface area contributed by atoms with E-state index in [1.165, 1.54) is 5.56 Å². The predicted molar refractivity (Wildman–Crippen MR) is 51.3 cm³/mol. The Balaban J connectivity index is 2.49. The molecule has 0 bridgehead atoms. The number of hydrogen-bond donors (Lipinski definition) is 0. The quantitative estimate of drug-likeness (QED) is 0.526. The van der Waals surface area contributed by atoms with Gasteiger partial charge in [-0.2, -0.15) is 0 Å². The van der Waals surface area contributed by atoms with E-state index in [0.29, 0.717) is 6.42 Å². The highest BCUT2D eigenvalue weighted by molar-refractivity contribution is 5.18. The van der Waals surface area contributed by atoms with Crippen LogP contribution in [0.3, 0.4) is 0 Å². The van der Waals surface area contributed by atoms with E-state index in [1.807, 2.05) is 37.3 Å². The lowest BCUT2D eigenvalue weighted by atomic mass is 9.98. The molecule has 1 unspecified atom stereocenters. The van der Waals surface area contributed by atoms with Crippen molar-refractivity contribution in [1.82, 2.24) is 0 Å². The zero-order valence-electron chi connectivity index (χ0n) is 7.64. The molecule has 0 aliphatic rings. The molecule has 0 aliphatic carbocycles. The van der Waals surface area contributed by atoms with Crippen molar-refractivity contribution in [3.05, 3.63) is 46.0 Å². The minimum atomic E-state index is -0.264. The van der Waals surface area contributed by atoms with Crippen LogP contribution < -0.4 is 0 Å². The first-order valence-corrected chi connectivity index (χ1v) is 4.37. The van der Waals surface area contributed by atoms with Crippen LogP contribution in [0.5, 0.6) is 0 Å². The zero-order chi connectivity index (χ0) is 9.68. The van der Waals surface area contributed by atoms with Crippen LogP contribution in [0.2, 0.25) is 0 Å². The number of rotatable bonds is 4. The SMILES string of the molecule is CC(CC[N+](=O)[O-])c1ccccc1. The van der Waals surface area contributed by atoms with Gasteiger partial charge in [-0.15, -0.1) is 0 Å². The van der Waals surface area contributed by atoms with Crippen molar-refractivity contribution in [3.63, 3.8) is 0 Å². The van der Waals surface area contributed by atoms with Crippen molar-refractivity contribution in [2.75, 3.05) is 6.54 Å². The third-order valence-electron chi connectivity index (χ3n) is 2.11. The topological polar surface area (TPSA) is 43.1 Å². The summed E-state index contributed by atoms with van der Waals surface area (Å²) in [6.45, 7) is 2.06. The van der Waals surface area contributed by atoms with Gasteiger partial charge < -0.3 is 0 Å². The summed E-state index contributed by atoms with van der Waals surface area (Å²) in [4.78, 5) is 9.88. The highest BCUT2D eigenvalue weighted by Gasteiger charge is 2.07. The molecule has 0 aliphatic heterocycles. The van der Waals surface area contributed by atoms with Crippen molar-refractivity contribution >= 4 is 0 Å². The molecule has 0 saturated heterocycles. The van der Waals surface area contributed by atoms with Crippen LogP contribution >= 0.6 is 0 Å². The smallest absolute Gasteiger partial charge is 0.204 e. The van der Waals surface area contributed by atoms with Crippen molar-refractivity contribution in [2.24, 2.45) is 0 Å². The summed E-state index contributed by atoms with van der Waals surface area (Å²) in [5, 5.41) is 10.1.